The van der Waals surface area contributed by atoms with Gasteiger partial charge in [0.2, 0.25) is 0 Å². The molecule has 7 rings (SSSR count). The number of fused-ring (bicyclic) bond motifs is 1. The Morgan fingerprint density at radius 3 is 2.44 bits per heavy atom. The summed E-state index contributed by atoms with van der Waals surface area (Å²) in [4.78, 5) is 41.3. The van der Waals surface area contributed by atoms with Crippen LogP contribution < -0.4 is 0 Å². The summed E-state index contributed by atoms with van der Waals surface area (Å²) in [5.74, 6) is -0.896. The molecule has 10 heteroatoms. The molecule has 5 heterocycles. The Kier molecular flexibility index (Phi) is 8.49. The third-order valence-corrected chi connectivity index (χ3v) is 13.8. The molecule has 2 N–H and O–H groups in total. The Hall–Kier alpha value is -2.27. The first kappa shape index (κ1) is 34.2. The smallest absolute Gasteiger partial charge is 0.339 e. The third-order valence-electron chi connectivity index (χ3n) is 13.8. The van der Waals surface area contributed by atoms with E-state index >= 15 is 0 Å². The van der Waals surface area contributed by atoms with Gasteiger partial charge in [0.05, 0.1) is 30.3 Å². The van der Waals surface area contributed by atoms with Gasteiger partial charge in [-0.2, -0.15) is 0 Å². The quantitative estimate of drug-likeness (QED) is 0.168. The first-order valence-corrected chi connectivity index (χ1v) is 18.4. The van der Waals surface area contributed by atoms with Crippen molar-refractivity contribution in [1.82, 2.24) is 0 Å². The third kappa shape index (κ3) is 4.53. The van der Waals surface area contributed by atoms with E-state index in [1.807, 2.05) is 19.9 Å². The van der Waals surface area contributed by atoms with Crippen molar-refractivity contribution in [2.24, 2.45) is 34.0 Å². The van der Waals surface area contributed by atoms with Crippen LogP contribution in [-0.2, 0) is 39.8 Å². The maximum atomic E-state index is 14.8. The van der Waals surface area contributed by atoms with E-state index in [1.54, 1.807) is 6.26 Å². The van der Waals surface area contributed by atoms with E-state index in [2.05, 4.69) is 20.8 Å². The molecule has 266 valence electrons. The van der Waals surface area contributed by atoms with Crippen LogP contribution in [0.3, 0.4) is 0 Å². The number of aliphatic hydroxyl groups is 2. The van der Waals surface area contributed by atoms with Gasteiger partial charge >= 0.3 is 11.9 Å². The number of aryl methyl sites for hydroxylation is 1. The summed E-state index contributed by atoms with van der Waals surface area (Å²) in [5, 5.41) is 21.4. The van der Waals surface area contributed by atoms with Gasteiger partial charge in [-0.15, -0.1) is 0 Å². The number of Topliss-reactive ketones (excluding diaryl/α,β-unsaturated/α-hetero) is 1. The van der Waals surface area contributed by atoms with Crippen LogP contribution in [0.1, 0.15) is 123 Å². The normalized spacial score (nSPS) is 44.3. The number of unbranched alkanes of at least 4 members (excludes halogenated alkanes) is 5. The van der Waals surface area contributed by atoms with Crippen LogP contribution in [-0.4, -0.2) is 70.7 Å². The highest BCUT2D eigenvalue weighted by atomic mass is 16.7. The van der Waals surface area contributed by atoms with Crippen LogP contribution in [0.2, 0.25) is 0 Å². The molecule has 0 radical (unpaired) electrons. The lowest BCUT2D eigenvalue weighted by Gasteiger charge is -2.66. The van der Waals surface area contributed by atoms with E-state index < -0.39 is 63.8 Å². The molecule has 2 spiro atoms. The lowest BCUT2D eigenvalue weighted by molar-refractivity contribution is -0.252. The highest BCUT2D eigenvalue weighted by Crippen LogP contribution is 2.80. The Morgan fingerprint density at radius 2 is 1.71 bits per heavy atom. The lowest BCUT2D eigenvalue weighted by Crippen LogP contribution is -2.76. The van der Waals surface area contributed by atoms with Gasteiger partial charge in [-0.3, -0.25) is 9.59 Å². The Morgan fingerprint density at radius 1 is 0.979 bits per heavy atom. The largest absolute Gasteiger partial charge is 0.469 e. The summed E-state index contributed by atoms with van der Waals surface area (Å²) < 4.78 is 31.5. The molecule has 1 aromatic heterocycles. The summed E-state index contributed by atoms with van der Waals surface area (Å²) in [6.07, 6.45) is 7.58. The van der Waals surface area contributed by atoms with E-state index in [-0.39, 0.29) is 37.3 Å². The van der Waals surface area contributed by atoms with E-state index in [0.29, 0.717) is 31.6 Å². The van der Waals surface area contributed by atoms with Gasteiger partial charge in [0, 0.05) is 34.8 Å². The molecule has 6 aliphatic rings. The van der Waals surface area contributed by atoms with Gasteiger partial charge in [-0.25, -0.2) is 4.79 Å². The number of furan rings is 1. The standard InChI is InChI=1S/C38H54O10/c1-22(2)13-17-35(4)29-28(41)30(42)36(5)25(37(29)21-45-27(40)20-26(37)47-35)14-16-34(3)31(46-33(43)32-38(34,36)48-32)23-15-19-44-24(23)12-10-8-6-7-9-11-18-39/h15,19,22,25-26,29-32,39,42H,6-14,16-18,20-21H2,1-5H3. The molecular formula is C38H54O10. The van der Waals surface area contributed by atoms with Crippen LogP contribution in [0, 0.1) is 34.0 Å². The molecule has 48 heavy (non-hydrogen) atoms. The van der Waals surface area contributed by atoms with Crippen LogP contribution in [0.25, 0.3) is 0 Å². The van der Waals surface area contributed by atoms with Crippen molar-refractivity contribution in [2.75, 3.05) is 13.2 Å². The fourth-order valence-electron chi connectivity index (χ4n) is 11.6. The topological polar surface area (TPSA) is 145 Å². The van der Waals surface area contributed by atoms with Crippen molar-refractivity contribution in [3.63, 3.8) is 0 Å². The average molecular weight is 671 g/mol. The maximum absolute atomic E-state index is 14.8. The molecule has 6 fully saturated rings. The lowest BCUT2D eigenvalue weighted by atomic mass is 9.36. The molecule has 11 unspecified atom stereocenters. The molecule has 2 saturated carbocycles. The Labute approximate surface area is 283 Å². The number of hydrogen-bond donors (Lipinski definition) is 2. The number of esters is 2. The van der Waals surface area contributed by atoms with Crippen molar-refractivity contribution in [2.45, 2.75) is 147 Å². The fraction of sp³-hybridized carbons (Fsp3) is 0.816. The molecule has 4 aliphatic heterocycles. The molecular weight excluding hydrogens is 616 g/mol. The first-order chi connectivity index (χ1) is 22.8. The summed E-state index contributed by atoms with van der Waals surface area (Å²) in [6, 6.07) is 1.89. The van der Waals surface area contributed by atoms with Crippen molar-refractivity contribution in [3.8, 4) is 0 Å². The molecule has 2 aliphatic carbocycles. The van der Waals surface area contributed by atoms with Crippen LogP contribution in [0.4, 0.5) is 0 Å². The predicted octanol–water partition coefficient (Wildman–Crippen LogP) is 5.40. The number of ketones is 1. The van der Waals surface area contributed by atoms with Crippen molar-refractivity contribution in [3.05, 3.63) is 23.7 Å². The molecule has 0 bridgehead atoms. The average Bonchev–Trinajstić information content (AvgIpc) is 3.58. The van der Waals surface area contributed by atoms with Crippen LogP contribution in [0.5, 0.6) is 0 Å². The first-order valence-electron chi connectivity index (χ1n) is 18.4. The SMILES string of the molecule is CC(C)CCC1(C)OC2CC(=O)OCC23C1C(=O)C(O)C1(C)C3CCC2(C)C(c3ccoc3CCCCCCCCO)OC(=O)C3OC321. The molecule has 4 saturated heterocycles. The summed E-state index contributed by atoms with van der Waals surface area (Å²) in [7, 11) is 0. The van der Waals surface area contributed by atoms with Gasteiger partial charge in [0.1, 0.15) is 30.2 Å². The van der Waals surface area contributed by atoms with Gasteiger partial charge in [-0.1, -0.05) is 53.4 Å². The molecule has 0 aromatic carbocycles. The number of epoxide rings is 1. The van der Waals surface area contributed by atoms with E-state index in [0.717, 1.165) is 56.3 Å². The van der Waals surface area contributed by atoms with Gasteiger partial charge in [0.15, 0.2) is 11.9 Å². The zero-order valence-corrected chi connectivity index (χ0v) is 29.3. The number of aliphatic hydroxyl groups excluding tert-OH is 2. The zero-order chi connectivity index (χ0) is 34.3. The summed E-state index contributed by atoms with van der Waals surface area (Å²) >= 11 is 0. The van der Waals surface area contributed by atoms with Crippen molar-refractivity contribution >= 4 is 17.7 Å². The van der Waals surface area contributed by atoms with Crippen LogP contribution in [0.15, 0.2) is 16.7 Å². The number of cyclic esters (lactones) is 2. The molecule has 0 amide bonds. The zero-order valence-electron chi connectivity index (χ0n) is 29.3. The number of carbonyl (C=O) groups is 3. The molecule has 10 nitrogen and oxygen atoms in total. The maximum Gasteiger partial charge on any atom is 0.339 e. The summed E-state index contributed by atoms with van der Waals surface area (Å²) in [5.41, 5.74) is -3.96. The molecule has 11 atom stereocenters. The van der Waals surface area contributed by atoms with E-state index in [4.69, 9.17) is 28.5 Å². The number of carbonyl (C=O) groups excluding carboxylic acids is 3. The second kappa shape index (κ2) is 11.9. The predicted molar refractivity (Wildman–Crippen MR) is 172 cm³/mol. The fourth-order valence-corrected chi connectivity index (χ4v) is 11.6. The number of ether oxygens (including phenoxy) is 4. The van der Waals surface area contributed by atoms with Gasteiger partial charge < -0.3 is 33.6 Å². The highest BCUT2D eigenvalue weighted by Gasteiger charge is 2.90. The second-order valence-corrected chi connectivity index (χ2v) is 16.8. The Bertz CT molecular complexity index is 1440. The van der Waals surface area contributed by atoms with E-state index in [9.17, 15) is 19.5 Å². The number of hydrogen-bond acceptors (Lipinski definition) is 10. The monoisotopic (exact) mass is 670 g/mol. The van der Waals surface area contributed by atoms with Gasteiger partial charge in [0.25, 0.3) is 0 Å². The summed E-state index contributed by atoms with van der Waals surface area (Å²) in [6.45, 7) is 10.5. The minimum absolute atomic E-state index is 0.0500. The van der Waals surface area contributed by atoms with Crippen LogP contribution >= 0.6 is 0 Å². The number of rotatable bonds is 12. The highest BCUT2D eigenvalue weighted by molar-refractivity contribution is 5.92. The molecule has 1 aromatic rings. The van der Waals surface area contributed by atoms with E-state index in [1.165, 1.54) is 0 Å². The second-order valence-electron chi connectivity index (χ2n) is 16.8. The van der Waals surface area contributed by atoms with Gasteiger partial charge in [-0.05, 0) is 63.4 Å². The Balaban J connectivity index is 1.24. The van der Waals surface area contributed by atoms with Crippen molar-refractivity contribution < 1.29 is 48.0 Å². The minimum Gasteiger partial charge on any atom is -0.469 e. The van der Waals surface area contributed by atoms with Crippen molar-refractivity contribution in [1.29, 1.82) is 0 Å². The minimum atomic E-state index is -1.40.